The van der Waals surface area contributed by atoms with Gasteiger partial charge in [0.25, 0.3) is 5.91 Å². The van der Waals surface area contributed by atoms with E-state index in [1.54, 1.807) is 6.07 Å². The van der Waals surface area contributed by atoms with Crippen LogP contribution in [0.1, 0.15) is 49.9 Å². The first kappa shape index (κ1) is 15.1. The van der Waals surface area contributed by atoms with E-state index in [4.69, 9.17) is 17.3 Å². The van der Waals surface area contributed by atoms with E-state index in [1.165, 1.54) is 25.5 Å². The van der Waals surface area contributed by atoms with Crippen LogP contribution in [-0.4, -0.2) is 16.9 Å². The van der Waals surface area contributed by atoms with Gasteiger partial charge < -0.3 is 11.1 Å². The molecule has 0 aliphatic heterocycles. The van der Waals surface area contributed by atoms with Crippen molar-refractivity contribution in [2.45, 2.75) is 45.6 Å². The average Bonchev–Trinajstić information content (AvgIpc) is 2.42. The number of carbonyl (C=O) groups is 1. The molecule has 1 aliphatic carbocycles. The predicted octanol–water partition coefficient (Wildman–Crippen LogP) is 3.26. The fourth-order valence-electron chi connectivity index (χ4n) is 2.96. The molecule has 1 amide bonds. The first-order valence-electron chi connectivity index (χ1n) is 7.21. The summed E-state index contributed by atoms with van der Waals surface area (Å²) in [5.74, 6) is 1.26. The zero-order valence-electron chi connectivity index (χ0n) is 12.0. The molecular weight excluding hydrogens is 274 g/mol. The second kappa shape index (κ2) is 6.44. The smallest absolute Gasteiger partial charge is 0.253 e. The number of pyridine rings is 1. The van der Waals surface area contributed by atoms with Gasteiger partial charge in [-0.1, -0.05) is 38.3 Å². The average molecular weight is 296 g/mol. The van der Waals surface area contributed by atoms with Gasteiger partial charge in [0.1, 0.15) is 5.82 Å². The van der Waals surface area contributed by atoms with Crippen LogP contribution in [0, 0.1) is 11.8 Å². The van der Waals surface area contributed by atoms with Crippen LogP contribution in [0.15, 0.2) is 12.3 Å². The molecule has 0 radical (unpaired) electrons. The summed E-state index contributed by atoms with van der Waals surface area (Å²) in [5, 5.41) is 3.46. The molecule has 2 unspecified atom stereocenters. The predicted molar refractivity (Wildman–Crippen MR) is 81.7 cm³/mol. The summed E-state index contributed by atoms with van der Waals surface area (Å²) in [5.41, 5.74) is 6.03. The highest BCUT2D eigenvalue weighted by Gasteiger charge is 2.28. The van der Waals surface area contributed by atoms with Crippen LogP contribution in [0.25, 0.3) is 0 Å². The molecule has 5 heteroatoms. The van der Waals surface area contributed by atoms with Crippen LogP contribution in [0.2, 0.25) is 5.02 Å². The number of hydrogen-bond acceptors (Lipinski definition) is 3. The molecule has 4 nitrogen and oxygen atoms in total. The van der Waals surface area contributed by atoms with Crippen molar-refractivity contribution in [3.05, 3.63) is 22.8 Å². The molecule has 1 aliphatic rings. The van der Waals surface area contributed by atoms with E-state index in [1.807, 2.05) is 0 Å². The minimum Gasteiger partial charge on any atom is -0.382 e. The van der Waals surface area contributed by atoms with Gasteiger partial charge in [0.15, 0.2) is 0 Å². The Kier molecular flexibility index (Phi) is 4.86. The number of nitrogens with zero attached hydrogens (tertiary/aromatic N) is 1. The van der Waals surface area contributed by atoms with Gasteiger partial charge in [-0.25, -0.2) is 4.98 Å². The summed E-state index contributed by atoms with van der Waals surface area (Å²) in [7, 11) is 0. The van der Waals surface area contributed by atoms with E-state index >= 15 is 0 Å². The van der Waals surface area contributed by atoms with E-state index < -0.39 is 0 Å². The van der Waals surface area contributed by atoms with Crippen LogP contribution in [-0.2, 0) is 0 Å². The molecule has 2 rings (SSSR count). The lowest BCUT2D eigenvalue weighted by Gasteiger charge is -2.34. The largest absolute Gasteiger partial charge is 0.382 e. The van der Waals surface area contributed by atoms with Crippen molar-refractivity contribution >= 4 is 23.3 Å². The van der Waals surface area contributed by atoms with Crippen molar-refractivity contribution in [1.82, 2.24) is 10.3 Å². The van der Waals surface area contributed by atoms with Crippen molar-refractivity contribution in [3.63, 3.8) is 0 Å². The van der Waals surface area contributed by atoms with Crippen molar-refractivity contribution in [3.8, 4) is 0 Å². The fraction of sp³-hybridized carbons (Fsp3) is 0.600. The number of carbonyl (C=O) groups excluding carboxylic acids is 1. The molecule has 0 aromatic carbocycles. The summed E-state index contributed by atoms with van der Waals surface area (Å²) in [4.78, 5) is 16.2. The van der Waals surface area contributed by atoms with E-state index in [2.05, 4.69) is 24.1 Å². The Balaban J connectivity index is 2.07. The van der Waals surface area contributed by atoms with E-state index in [0.29, 0.717) is 22.4 Å². The molecule has 0 bridgehead atoms. The summed E-state index contributed by atoms with van der Waals surface area (Å²) in [6.07, 6.45) is 6.14. The topological polar surface area (TPSA) is 68.0 Å². The quantitative estimate of drug-likeness (QED) is 0.899. The van der Waals surface area contributed by atoms with Gasteiger partial charge in [0, 0.05) is 12.2 Å². The highest BCUT2D eigenvalue weighted by Crippen LogP contribution is 2.30. The number of amides is 1. The number of nitrogen functional groups attached to an aromatic ring is 1. The molecule has 1 fully saturated rings. The Morgan fingerprint density at radius 1 is 1.45 bits per heavy atom. The third-order valence-electron chi connectivity index (χ3n) is 4.12. The fourth-order valence-corrected chi connectivity index (χ4v) is 3.13. The normalized spacial score (nSPS) is 22.8. The van der Waals surface area contributed by atoms with Crippen LogP contribution in [0.4, 0.5) is 5.82 Å². The molecule has 3 N–H and O–H groups in total. The Bertz CT molecular complexity index is 490. The molecule has 1 saturated carbocycles. The monoisotopic (exact) mass is 295 g/mol. The first-order chi connectivity index (χ1) is 9.49. The molecule has 0 spiro atoms. The number of nitrogens with one attached hydrogen (secondary N) is 1. The lowest BCUT2D eigenvalue weighted by atomic mass is 9.78. The van der Waals surface area contributed by atoms with E-state index in [-0.39, 0.29) is 17.8 Å². The minimum atomic E-state index is -0.114. The number of nitrogens with two attached hydrogens (primary N) is 1. The van der Waals surface area contributed by atoms with Gasteiger partial charge in [-0.2, -0.15) is 0 Å². The molecule has 0 saturated heterocycles. The first-order valence-corrected chi connectivity index (χ1v) is 7.58. The van der Waals surface area contributed by atoms with Crippen molar-refractivity contribution in [2.24, 2.45) is 11.8 Å². The van der Waals surface area contributed by atoms with Crippen molar-refractivity contribution < 1.29 is 4.79 Å². The van der Waals surface area contributed by atoms with Crippen molar-refractivity contribution in [1.29, 1.82) is 0 Å². The SMILES string of the molecule is CC(C)C1CCCCC1NC(=O)c1cnc(N)c(Cl)c1. The van der Waals surface area contributed by atoms with Crippen LogP contribution in [0.5, 0.6) is 0 Å². The number of hydrogen-bond donors (Lipinski definition) is 2. The standard InChI is InChI=1S/C15H22ClN3O/c1-9(2)11-5-3-4-6-13(11)19-15(20)10-7-12(16)14(17)18-8-10/h7-9,11,13H,3-6H2,1-2H3,(H2,17,18)(H,19,20). The second-order valence-electron chi connectivity index (χ2n) is 5.86. The van der Waals surface area contributed by atoms with Gasteiger partial charge >= 0.3 is 0 Å². The Hall–Kier alpha value is -1.29. The number of anilines is 1. The summed E-state index contributed by atoms with van der Waals surface area (Å²) in [6, 6.07) is 1.82. The second-order valence-corrected chi connectivity index (χ2v) is 6.27. The summed E-state index contributed by atoms with van der Waals surface area (Å²) < 4.78 is 0. The van der Waals surface area contributed by atoms with Gasteiger partial charge in [-0.05, 0) is 30.7 Å². The van der Waals surface area contributed by atoms with Gasteiger partial charge in [-0.3, -0.25) is 4.79 Å². The number of halogens is 1. The number of rotatable bonds is 3. The van der Waals surface area contributed by atoms with Crippen LogP contribution in [0.3, 0.4) is 0 Å². The molecule has 2 atom stereocenters. The highest BCUT2D eigenvalue weighted by molar-refractivity contribution is 6.33. The molecule has 110 valence electrons. The third kappa shape index (κ3) is 3.42. The molecular formula is C15H22ClN3O. The van der Waals surface area contributed by atoms with Crippen molar-refractivity contribution in [2.75, 3.05) is 5.73 Å². The molecule has 20 heavy (non-hydrogen) atoms. The minimum absolute atomic E-state index is 0.114. The lowest BCUT2D eigenvalue weighted by molar-refractivity contribution is 0.0889. The maximum atomic E-state index is 12.3. The zero-order valence-corrected chi connectivity index (χ0v) is 12.8. The van der Waals surface area contributed by atoms with Crippen LogP contribution < -0.4 is 11.1 Å². The van der Waals surface area contributed by atoms with Gasteiger partial charge in [0.2, 0.25) is 0 Å². The van der Waals surface area contributed by atoms with Gasteiger partial charge in [0.05, 0.1) is 10.6 Å². The van der Waals surface area contributed by atoms with E-state index in [0.717, 1.165) is 6.42 Å². The Morgan fingerprint density at radius 2 is 2.15 bits per heavy atom. The highest BCUT2D eigenvalue weighted by atomic mass is 35.5. The maximum Gasteiger partial charge on any atom is 0.253 e. The van der Waals surface area contributed by atoms with Gasteiger partial charge in [-0.15, -0.1) is 0 Å². The third-order valence-corrected chi connectivity index (χ3v) is 4.43. The van der Waals surface area contributed by atoms with Crippen LogP contribution >= 0.6 is 11.6 Å². The molecule has 1 aromatic heterocycles. The lowest BCUT2D eigenvalue weighted by Crippen LogP contribution is -2.44. The number of aromatic nitrogens is 1. The molecule has 1 aromatic rings. The maximum absolute atomic E-state index is 12.3. The zero-order chi connectivity index (χ0) is 14.7. The van der Waals surface area contributed by atoms with E-state index in [9.17, 15) is 4.79 Å². The summed E-state index contributed by atoms with van der Waals surface area (Å²) in [6.45, 7) is 4.44. The molecule has 1 heterocycles. The Morgan fingerprint density at radius 3 is 2.80 bits per heavy atom. The Labute approximate surface area is 125 Å². The summed E-state index contributed by atoms with van der Waals surface area (Å²) >= 11 is 5.91.